The van der Waals surface area contributed by atoms with E-state index in [-0.39, 0.29) is 35.8 Å². The zero-order valence-corrected chi connectivity index (χ0v) is 25.0. The van der Waals surface area contributed by atoms with Gasteiger partial charge in [-0.05, 0) is 30.5 Å². The number of aliphatic hydroxyl groups is 1. The van der Waals surface area contributed by atoms with Gasteiger partial charge in [-0.1, -0.05) is 12.6 Å². The lowest BCUT2D eigenvalue weighted by Crippen LogP contribution is -2.42. The number of benzene rings is 1. The molecule has 0 spiro atoms. The lowest BCUT2D eigenvalue weighted by molar-refractivity contribution is -0.128. The molecule has 1 aromatic carbocycles. The van der Waals surface area contributed by atoms with Crippen molar-refractivity contribution in [2.24, 2.45) is 17.8 Å². The van der Waals surface area contributed by atoms with Crippen molar-refractivity contribution in [2.45, 2.75) is 32.3 Å². The molecular formula is C31H38FN9O3. The quantitative estimate of drug-likeness (QED) is 0.137. The summed E-state index contributed by atoms with van der Waals surface area (Å²) >= 11 is 0. The number of hydrogen-bond donors (Lipinski definition) is 3. The first-order valence-electron chi connectivity index (χ1n) is 14.6. The molecule has 2 aliphatic heterocycles. The van der Waals surface area contributed by atoms with Crippen LogP contribution < -0.4 is 16.0 Å². The molecule has 4 heterocycles. The second-order valence-corrected chi connectivity index (χ2v) is 10.9. The van der Waals surface area contributed by atoms with Gasteiger partial charge in [0.1, 0.15) is 23.1 Å². The van der Waals surface area contributed by atoms with E-state index in [2.05, 4.69) is 36.9 Å². The Morgan fingerprint density at radius 2 is 1.95 bits per heavy atom. The number of aliphatic hydroxyl groups excluding tert-OH is 1. The molecular weight excluding hydrogens is 565 g/mol. The Balaban J connectivity index is 1.18. The van der Waals surface area contributed by atoms with E-state index in [1.54, 1.807) is 47.4 Å². The average molecular weight is 604 g/mol. The van der Waals surface area contributed by atoms with Crippen LogP contribution in [-0.2, 0) is 16.6 Å². The number of nitrogens with two attached hydrogens (primary N) is 1. The molecule has 3 aromatic rings. The molecule has 44 heavy (non-hydrogen) atoms. The molecule has 1 amide bonds. The number of amidine groups is 1. The third-order valence-electron chi connectivity index (χ3n) is 7.82. The number of nitrogens with one attached hydrogen (secondary N) is 1. The van der Waals surface area contributed by atoms with Gasteiger partial charge in [0, 0.05) is 82.0 Å². The number of aryl methyl sites for hydroxylation is 1. The van der Waals surface area contributed by atoms with Gasteiger partial charge in [-0.25, -0.2) is 19.4 Å². The number of nitrogens with zero attached hydrogens (tertiary/aromatic N) is 7. The van der Waals surface area contributed by atoms with E-state index in [1.807, 2.05) is 6.20 Å². The van der Waals surface area contributed by atoms with Crippen LogP contribution in [0, 0.1) is 5.82 Å². The number of carbonyl (C=O) groups excluding carboxylic acids is 1. The summed E-state index contributed by atoms with van der Waals surface area (Å²) in [6.45, 7) is 8.42. The number of hydrogen-bond acceptors (Lipinski definition) is 9. The first-order chi connectivity index (χ1) is 21.2. The van der Waals surface area contributed by atoms with Gasteiger partial charge in [0.2, 0.25) is 11.9 Å². The second-order valence-electron chi connectivity index (χ2n) is 10.9. The normalized spacial score (nSPS) is 16.4. The summed E-state index contributed by atoms with van der Waals surface area (Å²) in [5.41, 5.74) is 10.1. The minimum atomic E-state index is -0.497. The smallest absolute Gasteiger partial charge is 0.225 e. The highest BCUT2D eigenvalue weighted by Crippen LogP contribution is 2.27. The number of aromatic nitrogens is 4. The maximum atomic E-state index is 15.0. The van der Waals surface area contributed by atoms with Gasteiger partial charge in [-0.2, -0.15) is 5.10 Å². The van der Waals surface area contributed by atoms with E-state index < -0.39 is 5.82 Å². The van der Waals surface area contributed by atoms with E-state index in [9.17, 15) is 9.90 Å². The Morgan fingerprint density at radius 3 is 2.59 bits per heavy atom. The zero-order valence-electron chi connectivity index (χ0n) is 25.0. The number of ether oxygens (including phenoxy) is 1. The van der Waals surface area contributed by atoms with Gasteiger partial charge in [0.25, 0.3) is 0 Å². The van der Waals surface area contributed by atoms with Crippen molar-refractivity contribution in [2.75, 3.05) is 44.2 Å². The van der Waals surface area contributed by atoms with Crippen molar-refractivity contribution in [1.29, 1.82) is 0 Å². The van der Waals surface area contributed by atoms with E-state index in [1.165, 1.54) is 13.0 Å². The molecule has 0 bridgehead atoms. The Morgan fingerprint density at radius 1 is 1.20 bits per heavy atom. The number of amides is 1. The van der Waals surface area contributed by atoms with Crippen LogP contribution in [0.3, 0.4) is 0 Å². The van der Waals surface area contributed by atoms with Gasteiger partial charge >= 0.3 is 0 Å². The summed E-state index contributed by atoms with van der Waals surface area (Å²) in [6.07, 6.45) is 8.98. The summed E-state index contributed by atoms with van der Waals surface area (Å²) < 4.78 is 22.8. The molecule has 12 nitrogen and oxygen atoms in total. The summed E-state index contributed by atoms with van der Waals surface area (Å²) in [5.74, 6) is 0.174. The molecule has 232 valence electrons. The number of aliphatic imine (C=N–C) groups is 1. The first-order valence-corrected chi connectivity index (χ1v) is 14.6. The van der Waals surface area contributed by atoms with Crippen LogP contribution in [0.25, 0.3) is 16.9 Å². The first kappa shape index (κ1) is 30.7. The highest BCUT2D eigenvalue weighted by molar-refractivity contribution is 6.00. The van der Waals surface area contributed by atoms with Gasteiger partial charge in [0.15, 0.2) is 0 Å². The molecule has 1 fully saturated rings. The Labute approximate surface area is 255 Å². The molecule has 4 N–H and O–H groups in total. The fraction of sp³-hybridized carbons (Fsp3) is 0.387. The van der Waals surface area contributed by atoms with Crippen molar-refractivity contribution in [3.63, 3.8) is 0 Å². The lowest BCUT2D eigenvalue weighted by atomic mass is 10.0. The SMILES string of the molecule is C=C(O)c1cnc(N2CCC(OCCNC3=C(C(N)=Nc4ccc(-c5cnn(C)c5)cc4F)CN(C(C)=O)CC3)CC2)nc1. The Hall–Kier alpha value is -4.78. The molecule has 0 atom stereocenters. The summed E-state index contributed by atoms with van der Waals surface area (Å²) in [7, 11) is 1.80. The number of piperidine rings is 1. The summed E-state index contributed by atoms with van der Waals surface area (Å²) in [5, 5.41) is 17.0. The van der Waals surface area contributed by atoms with Crippen LogP contribution in [0.4, 0.5) is 16.0 Å². The van der Waals surface area contributed by atoms with Crippen molar-refractivity contribution in [1.82, 2.24) is 30.0 Å². The van der Waals surface area contributed by atoms with Crippen LogP contribution in [0.2, 0.25) is 0 Å². The van der Waals surface area contributed by atoms with E-state index >= 15 is 4.39 Å². The molecule has 0 radical (unpaired) electrons. The zero-order chi connectivity index (χ0) is 31.2. The van der Waals surface area contributed by atoms with E-state index in [0.29, 0.717) is 48.8 Å². The number of halogens is 1. The fourth-order valence-corrected chi connectivity index (χ4v) is 5.29. The van der Waals surface area contributed by atoms with Gasteiger partial charge < -0.3 is 30.7 Å². The third kappa shape index (κ3) is 7.40. The lowest BCUT2D eigenvalue weighted by Gasteiger charge is -2.32. The predicted octanol–water partition coefficient (Wildman–Crippen LogP) is 3.32. The highest BCUT2D eigenvalue weighted by atomic mass is 19.1. The van der Waals surface area contributed by atoms with Gasteiger partial charge in [0.05, 0.1) is 31.0 Å². The van der Waals surface area contributed by atoms with Crippen LogP contribution in [0.15, 0.2) is 65.8 Å². The molecule has 2 aromatic heterocycles. The van der Waals surface area contributed by atoms with E-state index in [0.717, 1.165) is 37.2 Å². The number of anilines is 1. The average Bonchev–Trinajstić information content (AvgIpc) is 3.46. The molecule has 0 unspecified atom stereocenters. The van der Waals surface area contributed by atoms with Crippen LogP contribution in [0.1, 0.15) is 31.7 Å². The van der Waals surface area contributed by atoms with Crippen molar-refractivity contribution >= 4 is 29.1 Å². The fourth-order valence-electron chi connectivity index (χ4n) is 5.29. The largest absolute Gasteiger partial charge is 0.508 e. The monoisotopic (exact) mass is 603 g/mol. The number of rotatable bonds is 10. The molecule has 1 saturated heterocycles. The molecule has 13 heteroatoms. The predicted molar refractivity (Wildman–Crippen MR) is 167 cm³/mol. The Bertz CT molecular complexity index is 1560. The summed E-state index contributed by atoms with van der Waals surface area (Å²) in [4.78, 5) is 29.0. The minimum Gasteiger partial charge on any atom is -0.508 e. The second kappa shape index (κ2) is 13.7. The molecule has 0 aliphatic carbocycles. The van der Waals surface area contributed by atoms with Gasteiger partial charge in [-0.3, -0.25) is 9.48 Å². The standard InChI is InChI=1S/C31H38FN9O3/c1-20(42)23-15-35-31(36-16-23)40-10-6-25(7-11-40)44-13-9-34-28-8-12-41(21(2)43)19-26(28)30(33)38-29-5-4-22(14-27(29)32)24-17-37-39(3)18-24/h4-5,14-18,25,34,42H,1,6-13,19H2,2-3H3,(H2,33,38). The minimum absolute atomic E-state index is 0.0552. The van der Waals surface area contributed by atoms with Crippen molar-refractivity contribution in [3.8, 4) is 11.1 Å². The van der Waals surface area contributed by atoms with Crippen LogP contribution in [0.5, 0.6) is 0 Å². The summed E-state index contributed by atoms with van der Waals surface area (Å²) in [6, 6.07) is 4.79. The molecule has 5 rings (SSSR count). The molecule has 0 saturated carbocycles. The maximum Gasteiger partial charge on any atom is 0.225 e. The third-order valence-corrected chi connectivity index (χ3v) is 7.82. The van der Waals surface area contributed by atoms with Crippen LogP contribution >= 0.6 is 0 Å². The van der Waals surface area contributed by atoms with E-state index in [4.69, 9.17) is 10.5 Å². The topological polar surface area (TPSA) is 147 Å². The van der Waals surface area contributed by atoms with Gasteiger partial charge in [-0.15, -0.1) is 0 Å². The molecule has 2 aliphatic rings. The van der Waals surface area contributed by atoms with Crippen molar-refractivity contribution in [3.05, 3.63) is 72.2 Å². The highest BCUT2D eigenvalue weighted by Gasteiger charge is 2.24. The van der Waals surface area contributed by atoms with Crippen molar-refractivity contribution < 1.29 is 19.0 Å². The Kier molecular flexibility index (Phi) is 9.53. The van der Waals surface area contributed by atoms with Crippen LogP contribution in [-0.4, -0.2) is 86.9 Å². The maximum absolute atomic E-state index is 15.0. The number of carbonyl (C=O) groups is 1.